The molecule has 1 fully saturated rings. The lowest BCUT2D eigenvalue weighted by atomic mass is 10.1. The van der Waals surface area contributed by atoms with Crippen molar-refractivity contribution in [3.8, 4) is 0 Å². The Labute approximate surface area is 109 Å². The Morgan fingerprint density at radius 3 is 3.06 bits per heavy atom. The van der Waals surface area contributed by atoms with Crippen molar-refractivity contribution in [3.63, 3.8) is 0 Å². The molecule has 4 heteroatoms. The van der Waals surface area contributed by atoms with Gasteiger partial charge in [-0.2, -0.15) is 0 Å². The number of aryl methyl sites for hydroxylation is 1. The van der Waals surface area contributed by atoms with E-state index in [0.717, 1.165) is 24.7 Å². The minimum atomic E-state index is 0.338. The molecule has 0 bridgehead atoms. The van der Waals surface area contributed by atoms with Crippen molar-refractivity contribution in [1.29, 1.82) is 0 Å². The second kappa shape index (κ2) is 5.00. The van der Waals surface area contributed by atoms with E-state index in [0.29, 0.717) is 12.1 Å². The maximum atomic E-state index is 4.37. The normalized spacial score (nSPS) is 28.6. The summed E-state index contributed by atoms with van der Waals surface area (Å²) >= 11 is 0. The number of nitrogens with one attached hydrogen (secondary N) is 1. The van der Waals surface area contributed by atoms with Gasteiger partial charge < -0.3 is 9.88 Å². The standard InChI is InChI=1S/C14H24N4/c1-3-11-6-7-12(9-11)15-10(2)14-17-16-13-5-4-8-18(13)14/h10-12,15H,3-9H2,1-2H3. The van der Waals surface area contributed by atoms with Crippen molar-refractivity contribution < 1.29 is 0 Å². The lowest BCUT2D eigenvalue weighted by Gasteiger charge is -2.19. The number of hydrogen-bond donors (Lipinski definition) is 1. The highest BCUT2D eigenvalue weighted by Crippen LogP contribution is 2.29. The summed E-state index contributed by atoms with van der Waals surface area (Å²) < 4.78 is 2.31. The van der Waals surface area contributed by atoms with Crippen LogP contribution in [0.15, 0.2) is 0 Å². The predicted molar refractivity (Wildman–Crippen MR) is 71.3 cm³/mol. The molecule has 2 aliphatic rings. The summed E-state index contributed by atoms with van der Waals surface area (Å²) in [5.41, 5.74) is 0. The molecular weight excluding hydrogens is 224 g/mol. The summed E-state index contributed by atoms with van der Waals surface area (Å²) in [5, 5.41) is 12.4. The monoisotopic (exact) mass is 248 g/mol. The summed E-state index contributed by atoms with van der Waals surface area (Å²) in [5.74, 6) is 3.25. The van der Waals surface area contributed by atoms with Gasteiger partial charge in [0.05, 0.1) is 6.04 Å². The average molecular weight is 248 g/mol. The third-order valence-corrected chi connectivity index (χ3v) is 4.63. The minimum absolute atomic E-state index is 0.338. The third kappa shape index (κ3) is 2.18. The molecule has 0 amide bonds. The van der Waals surface area contributed by atoms with Gasteiger partial charge in [0.15, 0.2) is 0 Å². The fourth-order valence-corrected chi connectivity index (χ4v) is 3.52. The van der Waals surface area contributed by atoms with Crippen LogP contribution in [0, 0.1) is 5.92 Å². The van der Waals surface area contributed by atoms with Crippen LogP contribution in [0.25, 0.3) is 0 Å². The van der Waals surface area contributed by atoms with Gasteiger partial charge in [-0.3, -0.25) is 0 Å². The van der Waals surface area contributed by atoms with Gasteiger partial charge in [0.25, 0.3) is 0 Å². The summed E-state index contributed by atoms with van der Waals surface area (Å²) in [4.78, 5) is 0. The molecule has 0 aromatic carbocycles. The van der Waals surface area contributed by atoms with Crippen molar-refractivity contribution >= 4 is 0 Å². The summed E-state index contributed by atoms with van der Waals surface area (Å²) in [7, 11) is 0. The Balaban J connectivity index is 1.63. The lowest BCUT2D eigenvalue weighted by Crippen LogP contribution is -2.31. The number of hydrogen-bond acceptors (Lipinski definition) is 3. The van der Waals surface area contributed by atoms with Crippen molar-refractivity contribution in [2.75, 3.05) is 0 Å². The van der Waals surface area contributed by atoms with E-state index in [2.05, 4.69) is 33.9 Å². The van der Waals surface area contributed by atoms with E-state index in [1.807, 2.05) is 0 Å². The predicted octanol–water partition coefficient (Wildman–Crippen LogP) is 2.45. The molecule has 0 radical (unpaired) electrons. The molecule has 1 N–H and O–H groups in total. The molecule has 2 heterocycles. The Kier molecular flexibility index (Phi) is 3.37. The summed E-state index contributed by atoms with van der Waals surface area (Å²) in [6.45, 7) is 5.64. The highest BCUT2D eigenvalue weighted by Gasteiger charge is 2.27. The highest BCUT2D eigenvalue weighted by molar-refractivity contribution is 5.04. The molecule has 0 spiro atoms. The van der Waals surface area contributed by atoms with E-state index in [1.54, 1.807) is 0 Å². The van der Waals surface area contributed by atoms with Crippen molar-refractivity contribution in [2.24, 2.45) is 5.92 Å². The van der Waals surface area contributed by atoms with E-state index in [-0.39, 0.29) is 0 Å². The smallest absolute Gasteiger partial charge is 0.149 e. The van der Waals surface area contributed by atoms with E-state index in [9.17, 15) is 0 Å². The molecule has 100 valence electrons. The zero-order valence-corrected chi connectivity index (χ0v) is 11.5. The number of nitrogens with zero attached hydrogens (tertiary/aromatic N) is 3. The maximum Gasteiger partial charge on any atom is 0.149 e. The lowest BCUT2D eigenvalue weighted by molar-refractivity contribution is 0.418. The number of rotatable bonds is 4. The van der Waals surface area contributed by atoms with Crippen LogP contribution in [-0.2, 0) is 13.0 Å². The Morgan fingerprint density at radius 2 is 2.28 bits per heavy atom. The molecule has 18 heavy (non-hydrogen) atoms. The third-order valence-electron chi connectivity index (χ3n) is 4.63. The largest absolute Gasteiger partial charge is 0.314 e. The van der Waals surface area contributed by atoms with E-state index >= 15 is 0 Å². The molecule has 3 unspecified atom stereocenters. The molecule has 3 rings (SSSR count). The van der Waals surface area contributed by atoms with E-state index in [4.69, 9.17) is 0 Å². The van der Waals surface area contributed by atoms with Gasteiger partial charge in [-0.05, 0) is 38.5 Å². The number of fused-ring (bicyclic) bond motifs is 1. The molecule has 1 saturated carbocycles. The summed E-state index contributed by atoms with van der Waals surface area (Å²) in [6.07, 6.45) is 7.70. The van der Waals surface area contributed by atoms with Gasteiger partial charge in [-0.15, -0.1) is 10.2 Å². The summed E-state index contributed by atoms with van der Waals surface area (Å²) in [6, 6.07) is 1.02. The van der Waals surface area contributed by atoms with Gasteiger partial charge in [-0.25, -0.2) is 0 Å². The van der Waals surface area contributed by atoms with Gasteiger partial charge in [0.1, 0.15) is 11.6 Å². The molecular formula is C14H24N4. The first-order valence-electron chi connectivity index (χ1n) is 7.46. The highest BCUT2D eigenvalue weighted by atomic mass is 15.3. The molecule has 1 aliphatic carbocycles. The SMILES string of the molecule is CCC1CCC(NC(C)c2nnc3n2CCC3)C1. The molecule has 1 aromatic rings. The van der Waals surface area contributed by atoms with Gasteiger partial charge in [0, 0.05) is 19.0 Å². The molecule has 3 atom stereocenters. The first-order valence-corrected chi connectivity index (χ1v) is 7.46. The fourth-order valence-electron chi connectivity index (χ4n) is 3.52. The van der Waals surface area contributed by atoms with Crippen LogP contribution in [0.4, 0.5) is 0 Å². The average Bonchev–Trinajstić information content (AvgIpc) is 3.03. The van der Waals surface area contributed by atoms with Crippen molar-refractivity contribution in [2.45, 2.75) is 71.0 Å². The zero-order chi connectivity index (χ0) is 12.5. The van der Waals surface area contributed by atoms with Crippen LogP contribution >= 0.6 is 0 Å². The van der Waals surface area contributed by atoms with Gasteiger partial charge in [-0.1, -0.05) is 13.3 Å². The second-order valence-corrected chi connectivity index (χ2v) is 5.90. The van der Waals surface area contributed by atoms with E-state index < -0.39 is 0 Å². The van der Waals surface area contributed by atoms with Crippen LogP contribution in [0.5, 0.6) is 0 Å². The quantitative estimate of drug-likeness (QED) is 0.890. The van der Waals surface area contributed by atoms with Gasteiger partial charge in [0.2, 0.25) is 0 Å². The molecule has 1 aliphatic heterocycles. The van der Waals surface area contributed by atoms with Gasteiger partial charge >= 0.3 is 0 Å². The maximum absolute atomic E-state index is 4.37. The molecule has 4 nitrogen and oxygen atoms in total. The molecule has 1 aromatic heterocycles. The number of aromatic nitrogens is 3. The Bertz CT molecular complexity index is 412. The Morgan fingerprint density at radius 1 is 1.39 bits per heavy atom. The zero-order valence-electron chi connectivity index (χ0n) is 11.5. The first kappa shape index (κ1) is 12.2. The van der Waals surface area contributed by atoms with Crippen LogP contribution in [-0.4, -0.2) is 20.8 Å². The topological polar surface area (TPSA) is 42.7 Å². The van der Waals surface area contributed by atoms with Crippen LogP contribution in [0.2, 0.25) is 0 Å². The molecule has 0 saturated heterocycles. The van der Waals surface area contributed by atoms with Crippen LogP contribution in [0.1, 0.15) is 63.6 Å². The van der Waals surface area contributed by atoms with Crippen LogP contribution < -0.4 is 5.32 Å². The first-order chi connectivity index (χ1) is 8.78. The minimum Gasteiger partial charge on any atom is -0.314 e. The van der Waals surface area contributed by atoms with Crippen molar-refractivity contribution in [1.82, 2.24) is 20.1 Å². The fraction of sp³-hybridized carbons (Fsp3) is 0.857. The Hall–Kier alpha value is -0.900. The second-order valence-electron chi connectivity index (χ2n) is 5.90. The van der Waals surface area contributed by atoms with Crippen molar-refractivity contribution in [3.05, 3.63) is 11.6 Å². The van der Waals surface area contributed by atoms with Crippen LogP contribution in [0.3, 0.4) is 0 Å². The van der Waals surface area contributed by atoms with E-state index in [1.165, 1.54) is 37.9 Å².